The highest BCUT2D eigenvalue weighted by Crippen LogP contribution is 2.25. The Morgan fingerprint density at radius 1 is 1.19 bits per heavy atom. The highest BCUT2D eigenvalue weighted by Gasteiger charge is 2.31. The fourth-order valence-corrected chi connectivity index (χ4v) is 1.11. The number of hydrogen-bond donors (Lipinski definition) is 0. The Hall–Kier alpha value is -2.21. The minimum Gasteiger partial charge on any atom is -0.406 e. The molecule has 1 aromatic carbocycles. The van der Waals surface area contributed by atoms with Crippen LogP contribution < -0.4 is 4.74 Å². The van der Waals surface area contributed by atoms with Gasteiger partial charge in [0.05, 0.1) is 24.1 Å². The smallest absolute Gasteiger partial charge is 0.406 e. The Morgan fingerprint density at radius 2 is 1.88 bits per heavy atom. The number of hydrogen-bond acceptors (Lipinski definition) is 3. The topological polar surface area (TPSA) is 56.8 Å². The summed E-state index contributed by atoms with van der Waals surface area (Å²) in [7, 11) is 0. The van der Waals surface area contributed by atoms with E-state index in [-0.39, 0.29) is 12.0 Å². The summed E-state index contributed by atoms with van der Waals surface area (Å²) < 4.78 is 39.4. The molecule has 0 aromatic heterocycles. The van der Waals surface area contributed by atoms with E-state index in [2.05, 4.69) is 4.74 Å². The van der Waals surface area contributed by atoms with Crippen LogP contribution >= 0.6 is 0 Å². The zero-order valence-electron chi connectivity index (χ0n) is 7.88. The van der Waals surface area contributed by atoms with Crippen molar-refractivity contribution in [1.82, 2.24) is 0 Å². The molecule has 6 heteroatoms. The van der Waals surface area contributed by atoms with Gasteiger partial charge in [-0.05, 0) is 23.8 Å². The summed E-state index contributed by atoms with van der Waals surface area (Å²) in [6.07, 6.45) is -4.89. The van der Waals surface area contributed by atoms with Crippen LogP contribution in [0.5, 0.6) is 5.75 Å². The van der Waals surface area contributed by atoms with Crippen molar-refractivity contribution >= 4 is 0 Å². The van der Waals surface area contributed by atoms with Crippen LogP contribution in [0.15, 0.2) is 18.2 Å². The van der Waals surface area contributed by atoms with Gasteiger partial charge in [0, 0.05) is 0 Å². The lowest BCUT2D eigenvalue weighted by molar-refractivity contribution is -0.274. The molecule has 16 heavy (non-hydrogen) atoms. The number of ether oxygens (including phenoxy) is 1. The molecule has 1 rings (SSSR count). The van der Waals surface area contributed by atoms with Gasteiger partial charge in [0.25, 0.3) is 0 Å². The first-order valence-electron chi connectivity index (χ1n) is 4.11. The Kier molecular flexibility index (Phi) is 3.37. The van der Waals surface area contributed by atoms with Gasteiger partial charge in [-0.2, -0.15) is 10.5 Å². The molecule has 0 bridgehead atoms. The SMILES string of the molecule is N#CCc1cc(C#N)cc(OC(F)(F)F)c1. The van der Waals surface area contributed by atoms with Crippen molar-refractivity contribution in [3.8, 4) is 17.9 Å². The summed E-state index contributed by atoms with van der Waals surface area (Å²) in [6, 6.07) is 6.86. The third-order valence-corrected chi connectivity index (χ3v) is 1.61. The molecule has 0 atom stereocenters. The van der Waals surface area contributed by atoms with Gasteiger partial charge in [-0.1, -0.05) is 0 Å². The summed E-state index contributed by atoms with van der Waals surface area (Å²) in [5.74, 6) is -0.489. The van der Waals surface area contributed by atoms with Crippen LogP contribution in [0.4, 0.5) is 13.2 Å². The van der Waals surface area contributed by atoms with Crippen molar-refractivity contribution in [2.24, 2.45) is 0 Å². The summed E-state index contributed by atoms with van der Waals surface area (Å²) in [4.78, 5) is 0. The second-order valence-corrected chi connectivity index (χ2v) is 2.86. The van der Waals surface area contributed by atoms with Crippen LogP contribution in [-0.4, -0.2) is 6.36 Å². The zero-order valence-corrected chi connectivity index (χ0v) is 7.88. The fourth-order valence-electron chi connectivity index (χ4n) is 1.11. The fraction of sp³-hybridized carbons (Fsp3) is 0.200. The number of nitriles is 2. The van der Waals surface area contributed by atoms with Gasteiger partial charge in [0.2, 0.25) is 0 Å². The lowest BCUT2D eigenvalue weighted by Gasteiger charge is -2.09. The molecule has 0 spiro atoms. The molecular weight excluding hydrogens is 221 g/mol. The first-order valence-corrected chi connectivity index (χ1v) is 4.11. The van der Waals surface area contributed by atoms with E-state index in [1.165, 1.54) is 6.07 Å². The van der Waals surface area contributed by atoms with Crippen LogP contribution in [-0.2, 0) is 6.42 Å². The van der Waals surface area contributed by atoms with Crippen molar-refractivity contribution in [1.29, 1.82) is 10.5 Å². The van der Waals surface area contributed by atoms with Gasteiger partial charge in [0.1, 0.15) is 5.75 Å². The first-order chi connectivity index (χ1) is 7.44. The summed E-state index contributed by atoms with van der Waals surface area (Å²) in [6.45, 7) is 0. The summed E-state index contributed by atoms with van der Waals surface area (Å²) in [5.41, 5.74) is 0.327. The lowest BCUT2D eigenvalue weighted by Crippen LogP contribution is -2.17. The molecule has 0 aliphatic carbocycles. The molecular formula is C10H5F3N2O. The van der Waals surface area contributed by atoms with Crippen molar-refractivity contribution < 1.29 is 17.9 Å². The van der Waals surface area contributed by atoms with Gasteiger partial charge in [-0.25, -0.2) is 0 Å². The predicted octanol–water partition coefficient (Wildman–Crippen LogP) is 2.52. The second-order valence-electron chi connectivity index (χ2n) is 2.86. The highest BCUT2D eigenvalue weighted by atomic mass is 19.4. The lowest BCUT2D eigenvalue weighted by atomic mass is 10.1. The molecule has 0 fully saturated rings. The molecule has 0 aliphatic rings. The molecule has 82 valence electrons. The van der Waals surface area contributed by atoms with E-state index >= 15 is 0 Å². The molecule has 0 N–H and O–H groups in total. The molecule has 0 unspecified atom stereocenters. The quantitative estimate of drug-likeness (QED) is 0.778. The van der Waals surface area contributed by atoms with Crippen LogP contribution in [0, 0.1) is 22.7 Å². The summed E-state index contributed by atoms with van der Waals surface area (Å²) in [5, 5.41) is 17.0. The molecule has 0 saturated heterocycles. The van der Waals surface area contributed by atoms with E-state index in [1.54, 1.807) is 12.1 Å². The number of alkyl halides is 3. The maximum atomic E-state index is 11.9. The maximum Gasteiger partial charge on any atom is 0.573 e. The largest absolute Gasteiger partial charge is 0.573 e. The zero-order chi connectivity index (χ0) is 12.2. The molecule has 0 saturated carbocycles. The van der Waals surface area contributed by atoms with Gasteiger partial charge in [-0.15, -0.1) is 13.2 Å². The van der Waals surface area contributed by atoms with Gasteiger partial charge >= 0.3 is 6.36 Å². The number of halogens is 3. The highest BCUT2D eigenvalue weighted by molar-refractivity contribution is 5.41. The Balaban J connectivity index is 3.06. The van der Waals surface area contributed by atoms with Crippen LogP contribution in [0.1, 0.15) is 11.1 Å². The van der Waals surface area contributed by atoms with Gasteiger partial charge in [-0.3, -0.25) is 0 Å². The molecule has 1 aromatic rings. The van der Waals surface area contributed by atoms with E-state index in [9.17, 15) is 13.2 Å². The Labute approximate surface area is 89.3 Å². The first kappa shape index (κ1) is 11.9. The normalized spacial score (nSPS) is 10.3. The average Bonchev–Trinajstić information content (AvgIpc) is 2.15. The van der Waals surface area contributed by atoms with Crippen molar-refractivity contribution in [3.63, 3.8) is 0 Å². The van der Waals surface area contributed by atoms with E-state index in [4.69, 9.17) is 10.5 Å². The van der Waals surface area contributed by atoms with Crippen molar-refractivity contribution in [3.05, 3.63) is 29.3 Å². The van der Waals surface area contributed by atoms with E-state index in [1.807, 2.05) is 0 Å². The predicted molar refractivity (Wildman–Crippen MR) is 47.2 cm³/mol. The van der Waals surface area contributed by atoms with Gasteiger partial charge < -0.3 is 4.74 Å². The van der Waals surface area contributed by atoms with E-state index in [0.717, 1.165) is 12.1 Å². The number of nitrogens with zero attached hydrogens (tertiary/aromatic N) is 2. The molecule has 0 heterocycles. The van der Waals surface area contributed by atoms with Gasteiger partial charge in [0.15, 0.2) is 0 Å². The van der Waals surface area contributed by atoms with Crippen LogP contribution in [0.3, 0.4) is 0 Å². The standard InChI is InChI=1S/C10H5F3N2O/c11-10(12,13)16-9-4-7(1-2-14)3-8(5-9)6-15/h3-5H,1H2. The van der Waals surface area contributed by atoms with E-state index < -0.39 is 12.1 Å². The molecule has 0 radical (unpaired) electrons. The Bertz CT molecular complexity index is 468. The third-order valence-electron chi connectivity index (χ3n) is 1.61. The monoisotopic (exact) mass is 226 g/mol. The minimum absolute atomic E-state index is 0.0204. The third kappa shape index (κ3) is 3.50. The minimum atomic E-state index is -4.81. The maximum absolute atomic E-state index is 11.9. The second kappa shape index (κ2) is 4.54. The number of benzene rings is 1. The van der Waals surface area contributed by atoms with E-state index in [0.29, 0.717) is 5.56 Å². The molecule has 0 aliphatic heterocycles. The molecule has 3 nitrogen and oxygen atoms in total. The van der Waals surface area contributed by atoms with Crippen LogP contribution in [0.25, 0.3) is 0 Å². The van der Waals surface area contributed by atoms with Crippen LogP contribution in [0.2, 0.25) is 0 Å². The average molecular weight is 226 g/mol. The summed E-state index contributed by atoms with van der Waals surface area (Å²) >= 11 is 0. The Morgan fingerprint density at radius 3 is 2.38 bits per heavy atom. The molecule has 0 amide bonds. The van der Waals surface area contributed by atoms with Crippen molar-refractivity contribution in [2.45, 2.75) is 12.8 Å². The van der Waals surface area contributed by atoms with Crippen molar-refractivity contribution in [2.75, 3.05) is 0 Å². The number of rotatable bonds is 2.